The van der Waals surface area contributed by atoms with Crippen LogP contribution in [-0.2, 0) is 12.8 Å². The summed E-state index contributed by atoms with van der Waals surface area (Å²) in [5.74, 6) is -1.01. The van der Waals surface area contributed by atoms with Gasteiger partial charge in [0.05, 0.1) is 0 Å². The molecule has 0 saturated carbocycles. The van der Waals surface area contributed by atoms with Gasteiger partial charge in [-0.2, -0.15) is 0 Å². The summed E-state index contributed by atoms with van der Waals surface area (Å²) in [5.41, 5.74) is 2.62. The van der Waals surface area contributed by atoms with E-state index in [9.17, 15) is 14.4 Å². The lowest BCUT2D eigenvalue weighted by Gasteiger charge is -2.09. The lowest BCUT2D eigenvalue weighted by molar-refractivity contribution is 0.0989. The first-order valence-electron chi connectivity index (χ1n) is 11.8. The van der Waals surface area contributed by atoms with Crippen LogP contribution in [0.1, 0.15) is 64.5 Å². The highest BCUT2D eigenvalue weighted by Gasteiger charge is 2.26. The SMILES string of the molecule is CCCCc1ccc(NC(=O)c2c(C(=O)Nc3ccccc3)sc3nc(CCC)cc(=O)n23)cc1. The number of rotatable bonds is 9. The average molecular weight is 489 g/mol. The van der Waals surface area contributed by atoms with E-state index in [1.165, 1.54) is 16.0 Å². The van der Waals surface area contributed by atoms with E-state index in [-0.39, 0.29) is 16.1 Å². The van der Waals surface area contributed by atoms with Crippen LogP contribution in [0.5, 0.6) is 0 Å². The van der Waals surface area contributed by atoms with E-state index in [0.29, 0.717) is 28.5 Å². The summed E-state index contributed by atoms with van der Waals surface area (Å²) >= 11 is 1.03. The number of fused-ring (bicyclic) bond motifs is 1. The van der Waals surface area contributed by atoms with Crippen LogP contribution in [0.15, 0.2) is 65.5 Å². The highest BCUT2D eigenvalue weighted by Crippen LogP contribution is 2.24. The Kier molecular flexibility index (Phi) is 7.72. The predicted octanol–water partition coefficient (Wildman–Crippen LogP) is 5.56. The van der Waals surface area contributed by atoms with Crippen LogP contribution >= 0.6 is 11.3 Å². The maximum Gasteiger partial charge on any atom is 0.274 e. The van der Waals surface area contributed by atoms with Crippen LogP contribution in [0.4, 0.5) is 11.4 Å². The van der Waals surface area contributed by atoms with E-state index in [4.69, 9.17) is 0 Å². The first kappa shape index (κ1) is 24.3. The van der Waals surface area contributed by atoms with E-state index in [2.05, 4.69) is 22.5 Å². The van der Waals surface area contributed by atoms with Crippen LogP contribution in [-0.4, -0.2) is 21.2 Å². The lowest BCUT2D eigenvalue weighted by Crippen LogP contribution is -2.25. The number of benzene rings is 2. The molecule has 0 aliphatic carbocycles. The summed E-state index contributed by atoms with van der Waals surface area (Å²) < 4.78 is 1.23. The first-order valence-corrected chi connectivity index (χ1v) is 12.6. The van der Waals surface area contributed by atoms with Crippen molar-refractivity contribution in [3.05, 3.63) is 92.8 Å². The van der Waals surface area contributed by atoms with Crippen molar-refractivity contribution in [1.82, 2.24) is 9.38 Å². The standard InChI is InChI=1S/C27H28N4O3S/c1-3-5-10-18-13-15-20(16-14-18)28-25(33)23-24(26(34)29-19-11-7-6-8-12-19)35-27-30-21(9-4-2)17-22(32)31(23)27/h6-8,11-17H,3-5,9-10H2,1-2H3,(H,28,33)(H,29,34). The fourth-order valence-corrected chi connectivity index (χ4v) is 4.84. The number of hydrogen-bond acceptors (Lipinski definition) is 5. The van der Waals surface area contributed by atoms with Crippen molar-refractivity contribution >= 4 is 39.5 Å². The number of aromatic nitrogens is 2. The minimum atomic E-state index is -0.539. The number of amides is 2. The maximum absolute atomic E-state index is 13.4. The van der Waals surface area contributed by atoms with Gasteiger partial charge in [0, 0.05) is 23.1 Å². The Morgan fingerprint density at radius 2 is 1.57 bits per heavy atom. The van der Waals surface area contributed by atoms with Crippen molar-refractivity contribution in [3.8, 4) is 0 Å². The Balaban J connectivity index is 1.72. The highest BCUT2D eigenvalue weighted by atomic mass is 32.1. The second-order valence-corrected chi connectivity index (χ2v) is 9.29. The number of para-hydroxylation sites is 1. The normalized spacial score (nSPS) is 10.9. The largest absolute Gasteiger partial charge is 0.321 e. The summed E-state index contributed by atoms with van der Waals surface area (Å²) in [6.45, 7) is 4.15. The molecule has 0 unspecified atom stereocenters. The Labute approximate surface area is 207 Å². The van der Waals surface area contributed by atoms with Crippen molar-refractivity contribution in [2.24, 2.45) is 0 Å². The predicted molar refractivity (Wildman–Crippen MR) is 141 cm³/mol. The second-order valence-electron chi connectivity index (χ2n) is 8.31. The quantitative estimate of drug-likeness (QED) is 0.323. The molecule has 180 valence electrons. The minimum absolute atomic E-state index is 0.0194. The van der Waals surface area contributed by atoms with Gasteiger partial charge < -0.3 is 10.6 Å². The highest BCUT2D eigenvalue weighted by molar-refractivity contribution is 7.19. The van der Waals surface area contributed by atoms with E-state index in [0.717, 1.165) is 37.0 Å². The van der Waals surface area contributed by atoms with Crippen molar-refractivity contribution in [1.29, 1.82) is 0 Å². The second kappa shape index (κ2) is 11.1. The van der Waals surface area contributed by atoms with Gasteiger partial charge in [0.1, 0.15) is 10.6 Å². The molecule has 0 fully saturated rings. The molecule has 35 heavy (non-hydrogen) atoms. The summed E-state index contributed by atoms with van der Waals surface area (Å²) in [5, 5.41) is 5.66. The van der Waals surface area contributed by atoms with E-state index in [1.807, 2.05) is 37.3 Å². The molecule has 2 amide bonds. The molecule has 0 spiro atoms. The fourth-order valence-electron chi connectivity index (χ4n) is 3.80. The molecular weight excluding hydrogens is 460 g/mol. The number of aryl methyl sites for hydroxylation is 2. The third-order valence-corrected chi connectivity index (χ3v) is 6.60. The third-order valence-electron chi connectivity index (χ3n) is 5.56. The van der Waals surface area contributed by atoms with Crippen LogP contribution in [0, 0.1) is 0 Å². The van der Waals surface area contributed by atoms with Gasteiger partial charge in [-0.1, -0.05) is 68.4 Å². The molecule has 8 heteroatoms. The zero-order valence-electron chi connectivity index (χ0n) is 19.8. The third kappa shape index (κ3) is 5.66. The molecule has 0 aliphatic rings. The van der Waals surface area contributed by atoms with Crippen molar-refractivity contribution in [2.45, 2.75) is 46.0 Å². The Hall–Kier alpha value is -3.78. The molecule has 0 radical (unpaired) electrons. The van der Waals surface area contributed by atoms with Gasteiger partial charge in [0.25, 0.3) is 17.4 Å². The molecule has 0 atom stereocenters. The fraction of sp³-hybridized carbons (Fsp3) is 0.259. The monoisotopic (exact) mass is 488 g/mol. The van der Waals surface area contributed by atoms with Crippen LogP contribution in [0.2, 0.25) is 0 Å². The van der Waals surface area contributed by atoms with Gasteiger partial charge in [0.15, 0.2) is 4.96 Å². The van der Waals surface area contributed by atoms with Crippen LogP contribution in [0.25, 0.3) is 4.96 Å². The number of anilines is 2. The Morgan fingerprint density at radius 1 is 0.886 bits per heavy atom. The smallest absolute Gasteiger partial charge is 0.274 e. The van der Waals surface area contributed by atoms with Crippen molar-refractivity contribution < 1.29 is 9.59 Å². The van der Waals surface area contributed by atoms with Gasteiger partial charge in [-0.15, -0.1) is 0 Å². The molecule has 7 nitrogen and oxygen atoms in total. The molecule has 0 aliphatic heterocycles. The molecule has 4 aromatic rings. The molecular formula is C27H28N4O3S. The van der Waals surface area contributed by atoms with Gasteiger partial charge in [-0.25, -0.2) is 9.38 Å². The first-order chi connectivity index (χ1) is 17.0. The molecule has 2 aromatic heterocycles. The van der Waals surface area contributed by atoms with E-state index < -0.39 is 11.8 Å². The molecule has 4 rings (SSSR count). The molecule has 2 N–H and O–H groups in total. The number of nitrogens with zero attached hydrogens (tertiary/aromatic N) is 2. The van der Waals surface area contributed by atoms with E-state index in [1.54, 1.807) is 24.3 Å². The van der Waals surface area contributed by atoms with Crippen LogP contribution < -0.4 is 16.2 Å². The summed E-state index contributed by atoms with van der Waals surface area (Å²) in [6, 6.07) is 18.0. The molecule has 0 saturated heterocycles. The summed E-state index contributed by atoms with van der Waals surface area (Å²) in [4.78, 5) is 44.6. The number of nitrogens with one attached hydrogen (secondary N) is 2. The van der Waals surface area contributed by atoms with Gasteiger partial charge in [-0.3, -0.25) is 14.4 Å². The van der Waals surface area contributed by atoms with Crippen LogP contribution in [0.3, 0.4) is 0 Å². The van der Waals surface area contributed by atoms with Gasteiger partial charge >= 0.3 is 0 Å². The number of carbonyl (C=O) groups is 2. The van der Waals surface area contributed by atoms with E-state index >= 15 is 0 Å². The number of carbonyl (C=O) groups excluding carboxylic acids is 2. The zero-order valence-corrected chi connectivity index (χ0v) is 20.7. The number of thiazole rings is 1. The Bertz CT molecular complexity index is 1390. The molecule has 2 heterocycles. The maximum atomic E-state index is 13.4. The molecule has 2 aromatic carbocycles. The average Bonchev–Trinajstić information content (AvgIpc) is 3.25. The zero-order chi connectivity index (χ0) is 24.8. The van der Waals surface area contributed by atoms with Crippen molar-refractivity contribution in [3.63, 3.8) is 0 Å². The summed E-state index contributed by atoms with van der Waals surface area (Å²) in [6.07, 6.45) is 4.66. The molecule has 0 bridgehead atoms. The minimum Gasteiger partial charge on any atom is -0.321 e. The number of unbranched alkanes of at least 4 members (excludes halogenated alkanes) is 1. The van der Waals surface area contributed by atoms with Crippen molar-refractivity contribution in [2.75, 3.05) is 10.6 Å². The lowest BCUT2D eigenvalue weighted by atomic mass is 10.1. The topological polar surface area (TPSA) is 92.6 Å². The Morgan fingerprint density at radius 3 is 2.26 bits per heavy atom. The van der Waals surface area contributed by atoms with Gasteiger partial charge in [-0.05, 0) is 49.1 Å². The summed E-state index contributed by atoms with van der Waals surface area (Å²) in [7, 11) is 0. The van der Waals surface area contributed by atoms with Gasteiger partial charge in [0.2, 0.25) is 0 Å². The number of hydrogen-bond donors (Lipinski definition) is 2.